The van der Waals surface area contributed by atoms with Crippen LogP contribution in [0.4, 0.5) is 26.4 Å². The summed E-state index contributed by atoms with van der Waals surface area (Å²) in [7, 11) is 0. The summed E-state index contributed by atoms with van der Waals surface area (Å²) in [5.74, 6) is 1.41. The van der Waals surface area contributed by atoms with E-state index in [-0.39, 0.29) is 5.02 Å². The van der Waals surface area contributed by atoms with Crippen molar-refractivity contribution >= 4 is 45.9 Å². The number of rotatable bonds is 5. The van der Waals surface area contributed by atoms with Gasteiger partial charge in [-0.25, -0.2) is 14.2 Å². The highest BCUT2D eigenvalue weighted by atomic mass is 35.5. The van der Waals surface area contributed by atoms with E-state index in [1.807, 2.05) is 18.2 Å². The Bertz CT molecular complexity index is 1360. The third-order valence-electron chi connectivity index (χ3n) is 5.36. The van der Waals surface area contributed by atoms with Crippen molar-refractivity contribution in [3.8, 4) is 11.5 Å². The largest absolute Gasteiger partial charge is 0.457 e. The molecule has 3 aromatic carbocycles. The lowest BCUT2D eigenvalue weighted by Gasteiger charge is -2.27. The second-order valence-electron chi connectivity index (χ2n) is 7.81. The average molecular weight is 494 g/mol. The van der Waals surface area contributed by atoms with Gasteiger partial charge in [0.1, 0.15) is 23.1 Å². The molecule has 10 heteroatoms. The summed E-state index contributed by atoms with van der Waals surface area (Å²) < 4.78 is 24.9. The lowest BCUT2D eigenvalue weighted by atomic mass is 10.2. The molecule has 0 atom stereocenters. The minimum atomic E-state index is -0.608. The first-order valence-corrected chi connectivity index (χ1v) is 11.3. The van der Waals surface area contributed by atoms with Crippen LogP contribution in [0.5, 0.6) is 11.5 Å². The first-order valence-electron chi connectivity index (χ1n) is 10.9. The van der Waals surface area contributed by atoms with Crippen LogP contribution in [0.2, 0.25) is 5.02 Å². The number of fused-ring (bicyclic) bond motifs is 1. The fraction of sp³-hybridized carbons (Fsp3) is 0.160. The van der Waals surface area contributed by atoms with E-state index in [0.717, 1.165) is 36.0 Å². The molecule has 0 spiro atoms. The molecule has 0 unspecified atom stereocenters. The van der Waals surface area contributed by atoms with Crippen LogP contribution in [-0.2, 0) is 4.74 Å². The number of amides is 2. The van der Waals surface area contributed by atoms with E-state index in [4.69, 9.17) is 26.1 Å². The molecule has 0 saturated carbocycles. The summed E-state index contributed by atoms with van der Waals surface area (Å²) in [6, 6.07) is 15.9. The van der Waals surface area contributed by atoms with Crippen LogP contribution in [0.1, 0.15) is 0 Å². The van der Waals surface area contributed by atoms with Gasteiger partial charge in [0.25, 0.3) is 0 Å². The lowest BCUT2D eigenvalue weighted by Crippen LogP contribution is -2.36. The first-order chi connectivity index (χ1) is 17.0. The average Bonchev–Trinajstić information content (AvgIpc) is 2.87. The normalized spacial score (nSPS) is 13.5. The topological polar surface area (TPSA) is 88.6 Å². The number of hydrogen-bond acceptors (Lipinski definition) is 6. The second kappa shape index (κ2) is 10.1. The predicted molar refractivity (Wildman–Crippen MR) is 133 cm³/mol. The van der Waals surface area contributed by atoms with E-state index < -0.39 is 11.8 Å². The van der Waals surface area contributed by atoms with Crippen molar-refractivity contribution in [2.45, 2.75) is 0 Å². The Morgan fingerprint density at radius 1 is 0.943 bits per heavy atom. The molecule has 1 fully saturated rings. The molecule has 1 aromatic heterocycles. The van der Waals surface area contributed by atoms with Crippen LogP contribution in [0.25, 0.3) is 11.0 Å². The Labute approximate surface area is 205 Å². The number of nitrogens with zero attached hydrogens (tertiary/aromatic N) is 3. The van der Waals surface area contributed by atoms with Gasteiger partial charge < -0.3 is 25.0 Å². The molecule has 35 heavy (non-hydrogen) atoms. The number of carbonyl (C=O) groups excluding carboxylic acids is 1. The highest BCUT2D eigenvalue weighted by Crippen LogP contribution is 2.27. The van der Waals surface area contributed by atoms with Crippen LogP contribution < -0.4 is 20.3 Å². The molecule has 0 bridgehead atoms. The Hall–Kier alpha value is -3.95. The Morgan fingerprint density at radius 2 is 1.66 bits per heavy atom. The van der Waals surface area contributed by atoms with Crippen molar-refractivity contribution in [1.82, 2.24) is 9.97 Å². The van der Waals surface area contributed by atoms with Crippen LogP contribution in [0.3, 0.4) is 0 Å². The molecule has 5 rings (SSSR count). The molecule has 2 N–H and O–H groups in total. The molecule has 0 aliphatic carbocycles. The monoisotopic (exact) mass is 493 g/mol. The van der Waals surface area contributed by atoms with Gasteiger partial charge in [0.05, 0.1) is 35.5 Å². The van der Waals surface area contributed by atoms with Gasteiger partial charge >= 0.3 is 6.03 Å². The standard InChI is InChI=1S/C25H21ClFN5O3/c26-20-7-3-17(13-21(20)27)30-25(33)29-16-1-4-18(5-2-16)35-19-6-8-22-23(14-19)31-24(15-28-22)32-9-11-34-12-10-32/h1-8,13-15H,9-12H2,(H2,29,30,33). The molecule has 178 valence electrons. The Morgan fingerprint density at radius 3 is 2.43 bits per heavy atom. The molecular weight excluding hydrogens is 473 g/mol. The van der Waals surface area contributed by atoms with Crippen molar-refractivity contribution in [2.24, 2.45) is 0 Å². The molecule has 0 radical (unpaired) electrons. The minimum Gasteiger partial charge on any atom is -0.457 e. The summed E-state index contributed by atoms with van der Waals surface area (Å²) in [5.41, 5.74) is 2.35. The maximum absolute atomic E-state index is 13.5. The number of hydrogen-bond donors (Lipinski definition) is 2. The van der Waals surface area contributed by atoms with Gasteiger partial charge in [-0.15, -0.1) is 0 Å². The quantitative estimate of drug-likeness (QED) is 0.371. The van der Waals surface area contributed by atoms with Crippen molar-refractivity contribution in [3.05, 3.63) is 77.7 Å². The van der Waals surface area contributed by atoms with Crippen molar-refractivity contribution in [3.63, 3.8) is 0 Å². The van der Waals surface area contributed by atoms with Gasteiger partial charge in [0.2, 0.25) is 0 Å². The van der Waals surface area contributed by atoms with Gasteiger partial charge in [-0.05, 0) is 54.6 Å². The fourth-order valence-electron chi connectivity index (χ4n) is 3.60. The number of carbonyl (C=O) groups is 1. The number of ether oxygens (including phenoxy) is 2. The van der Waals surface area contributed by atoms with E-state index in [0.29, 0.717) is 36.1 Å². The maximum atomic E-state index is 13.5. The van der Waals surface area contributed by atoms with Crippen LogP contribution in [0, 0.1) is 5.82 Å². The maximum Gasteiger partial charge on any atom is 0.323 e. The number of aromatic nitrogens is 2. The van der Waals surface area contributed by atoms with Crippen molar-refractivity contribution < 1.29 is 18.7 Å². The van der Waals surface area contributed by atoms with Gasteiger partial charge in [0.15, 0.2) is 0 Å². The summed E-state index contributed by atoms with van der Waals surface area (Å²) in [6.07, 6.45) is 1.78. The Kier molecular flexibility index (Phi) is 6.60. The van der Waals surface area contributed by atoms with E-state index >= 15 is 0 Å². The summed E-state index contributed by atoms with van der Waals surface area (Å²) in [4.78, 5) is 23.6. The highest BCUT2D eigenvalue weighted by molar-refractivity contribution is 6.30. The van der Waals surface area contributed by atoms with Gasteiger partial charge in [-0.1, -0.05) is 11.6 Å². The third kappa shape index (κ3) is 5.59. The summed E-state index contributed by atoms with van der Waals surface area (Å²) in [6.45, 7) is 2.92. The molecule has 8 nitrogen and oxygen atoms in total. The smallest absolute Gasteiger partial charge is 0.323 e. The fourth-order valence-corrected chi connectivity index (χ4v) is 3.72. The second-order valence-corrected chi connectivity index (χ2v) is 8.22. The van der Waals surface area contributed by atoms with Crippen LogP contribution >= 0.6 is 11.6 Å². The van der Waals surface area contributed by atoms with Crippen LogP contribution in [0.15, 0.2) is 66.9 Å². The molecule has 2 heterocycles. The van der Waals surface area contributed by atoms with Crippen molar-refractivity contribution in [2.75, 3.05) is 41.8 Å². The van der Waals surface area contributed by atoms with E-state index in [1.165, 1.54) is 12.1 Å². The van der Waals surface area contributed by atoms with Crippen molar-refractivity contribution in [1.29, 1.82) is 0 Å². The number of anilines is 3. The predicted octanol–water partition coefficient (Wildman–Crippen LogP) is 5.70. The third-order valence-corrected chi connectivity index (χ3v) is 5.67. The number of nitrogens with one attached hydrogen (secondary N) is 2. The number of halogens is 2. The number of urea groups is 1. The van der Waals surface area contributed by atoms with E-state index in [9.17, 15) is 9.18 Å². The summed E-state index contributed by atoms with van der Waals surface area (Å²) >= 11 is 5.66. The molecule has 2 amide bonds. The highest BCUT2D eigenvalue weighted by Gasteiger charge is 2.14. The molecule has 1 saturated heterocycles. The molecule has 1 aliphatic rings. The zero-order valence-electron chi connectivity index (χ0n) is 18.5. The van der Waals surface area contributed by atoms with Gasteiger partial charge in [-0.2, -0.15) is 0 Å². The van der Waals surface area contributed by atoms with E-state index in [1.54, 1.807) is 30.5 Å². The molecule has 1 aliphatic heterocycles. The lowest BCUT2D eigenvalue weighted by molar-refractivity contribution is 0.122. The zero-order chi connectivity index (χ0) is 24.2. The summed E-state index contributed by atoms with van der Waals surface area (Å²) in [5, 5.41) is 5.23. The van der Waals surface area contributed by atoms with Gasteiger partial charge in [-0.3, -0.25) is 4.98 Å². The van der Waals surface area contributed by atoms with Gasteiger partial charge in [0, 0.05) is 30.5 Å². The SMILES string of the molecule is O=C(Nc1ccc(Oc2ccc3ncc(N4CCOCC4)nc3c2)cc1)Nc1ccc(Cl)c(F)c1. The number of morpholine rings is 1. The molecular formula is C25H21ClFN5O3. The Balaban J connectivity index is 1.23. The number of benzene rings is 3. The zero-order valence-corrected chi connectivity index (χ0v) is 19.3. The van der Waals surface area contributed by atoms with E-state index in [2.05, 4.69) is 20.5 Å². The molecule has 4 aromatic rings. The minimum absolute atomic E-state index is 0.0115. The first kappa shape index (κ1) is 22.8. The van der Waals surface area contributed by atoms with Crippen LogP contribution in [-0.4, -0.2) is 42.3 Å².